The molecule has 10 aromatic carbocycles. The fourth-order valence-electron chi connectivity index (χ4n) is 9.99. The molecule has 2 heterocycles. The zero-order chi connectivity index (χ0) is 41.7. The van der Waals surface area contributed by atoms with E-state index in [0.717, 1.165) is 11.4 Å². The Hall–Kier alpha value is -7.85. The van der Waals surface area contributed by atoms with Gasteiger partial charge in [-0.3, -0.25) is 0 Å². The lowest BCUT2D eigenvalue weighted by Gasteiger charge is -2.42. The second kappa shape index (κ2) is 15.3. The summed E-state index contributed by atoms with van der Waals surface area (Å²) >= 11 is 0. The molecule has 0 saturated carbocycles. The molecule has 12 aromatic rings. The molecule has 0 aliphatic carbocycles. The van der Waals surface area contributed by atoms with Gasteiger partial charge in [0.2, 0.25) is 0 Å². The Morgan fingerprint density at radius 3 is 1.37 bits per heavy atom. The molecular weight excluding hydrogens is 781 g/mol. The van der Waals surface area contributed by atoms with E-state index in [-0.39, 0.29) is 0 Å². The van der Waals surface area contributed by atoms with E-state index in [9.17, 15) is 0 Å². The summed E-state index contributed by atoms with van der Waals surface area (Å²) in [6, 6.07) is 93.7. The maximum Gasteiger partial charge on any atom is 0.0547 e. The van der Waals surface area contributed by atoms with Crippen LogP contribution >= 0.6 is 10.0 Å². The summed E-state index contributed by atoms with van der Waals surface area (Å²) in [5, 5.41) is 4.95. The average Bonchev–Trinajstić information content (AvgIpc) is 3.88. The highest BCUT2D eigenvalue weighted by molar-refractivity contribution is 8.34. The number of hydrogen-bond donors (Lipinski definition) is 0. The maximum absolute atomic E-state index is 2.47. The Morgan fingerprint density at radius 2 is 0.698 bits per heavy atom. The predicted octanol–water partition coefficient (Wildman–Crippen LogP) is 16.6. The second-order valence-electron chi connectivity index (χ2n) is 16.1. The van der Waals surface area contributed by atoms with E-state index in [4.69, 9.17) is 0 Å². The van der Waals surface area contributed by atoms with Gasteiger partial charge in [0.15, 0.2) is 0 Å². The Bertz CT molecular complexity index is 3510. The molecule has 0 amide bonds. The van der Waals surface area contributed by atoms with Gasteiger partial charge < -0.3 is 9.13 Å². The summed E-state index contributed by atoms with van der Waals surface area (Å²) in [4.78, 5) is 5.22. The van der Waals surface area contributed by atoms with Crippen LogP contribution in [0.4, 0.5) is 0 Å². The normalized spacial score (nSPS) is 12.1. The third-order valence-corrected chi connectivity index (χ3v) is 16.5. The summed E-state index contributed by atoms with van der Waals surface area (Å²) in [6.45, 7) is 0. The lowest BCUT2D eigenvalue weighted by atomic mass is 9.92. The van der Waals surface area contributed by atoms with E-state index in [0.29, 0.717) is 0 Å². The molecule has 0 spiro atoms. The van der Waals surface area contributed by atoms with Crippen molar-refractivity contribution in [2.24, 2.45) is 0 Å². The molecule has 0 saturated heterocycles. The number of hydrogen-bond acceptors (Lipinski definition) is 0. The lowest BCUT2D eigenvalue weighted by molar-refractivity contribution is 1.14. The van der Waals surface area contributed by atoms with Crippen LogP contribution in [0.5, 0.6) is 0 Å². The van der Waals surface area contributed by atoms with Crippen LogP contribution < -0.4 is 0 Å². The first-order chi connectivity index (χ1) is 31.3. The van der Waals surface area contributed by atoms with Gasteiger partial charge in [-0.2, -0.15) is 0 Å². The van der Waals surface area contributed by atoms with E-state index in [1.165, 1.54) is 85.4 Å². The fraction of sp³-hybridized carbons (Fsp3) is 0. The van der Waals surface area contributed by atoms with Crippen molar-refractivity contribution in [1.29, 1.82) is 0 Å². The molecule has 63 heavy (non-hydrogen) atoms. The highest BCUT2D eigenvalue weighted by Gasteiger charge is 2.33. The van der Waals surface area contributed by atoms with E-state index < -0.39 is 10.0 Å². The summed E-state index contributed by atoms with van der Waals surface area (Å²) in [5.41, 5.74) is 11.9. The van der Waals surface area contributed by atoms with Gasteiger partial charge >= 0.3 is 0 Å². The molecule has 0 aliphatic heterocycles. The monoisotopic (exact) mass is 822 g/mol. The molecule has 0 aliphatic rings. The van der Waals surface area contributed by atoms with Crippen LogP contribution in [0.15, 0.2) is 274 Å². The Labute approximate surface area is 368 Å². The molecule has 0 N–H and O–H groups in total. The molecule has 0 bridgehead atoms. The van der Waals surface area contributed by atoms with E-state index >= 15 is 0 Å². The van der Waals surface area contributed by atoms with Crippen LogP contribution in [0, 0.1) is 0 Å². The number of fused-ring (bicyclic) bond motifs is 6. The standard InChI is InChI=1S/C60H42N2S/c1-5-21-43(22-6-1)50-31-13-14-32-51(50)53-35-20-38-59-60(53)54-34-16-18-37-57(54)62(59)45-39-40-58-55(42-45)52-33-15-17-36-56(52)61(58)44-23-19-30-49(41-44)63(46-24-7-2-8-25-46,47-26-9-3-10-27-47)48-28-11-4-12-29-48/h1-42H. The highest BCUT2D eigenvalue weighted by atomic mass is 32.3. The minimum Gasteiger partial charge on any atom is -0.309 e. The van der Waals surface area contributed by atoms with Gasteiger partial charge in [0.25, 0.3) is 0 Å². The van der Waals surface area contributed by atoms with Gasteiger partial charge in [0.1, 0.15) is 0 Å². The van der Waals surface area contributed by atoms with E-state index in [1.54, 1.807) is 0 Å². The first-order valence-corrected chi connectivity index (χ1v) is 23.2. The number of para-hydroxylation sites is 2. The van der Waals surface area contributed by atoms with Crippen LogP contribution in [0.25, 0.3) is 77.2 Å². The smallest absolute Gasteiger partial charge is 0.0547 e. The van der Waals surface area contributed by atoms with Crippen molar-refractivity contribution in [3.63, 3.8) is 0 Å². The highest BCUT2D eigenvalue weighted by Crippen LogP contribution is 2.73. The van der Waals surface area contributed by atoms with Crippen LogP contribution in [-0.4, -0.2) is 9.13 Å². The molecule has 0 atom stereocenters. The topological polar surface area (TPSA) is 9.86 Å². The molecule has 2 aromatic heterocycles. The Kier molecular flexibility index (Phi) is 8.95. The molecule has 2 nitrogen and oxygen atoms in total. The minimum absolute atomic E-state index is 1.14. The maximum atomic E-state index is 2.47. The summed E-state index contributed by atoms with van der Waals surface area (Å²) in [7, 11) is -1.87. The van der Waals surface area contributed by atoms with Gasteiger partial charge in [-0.1, -0.05) is 164 Å². The van der Waals surface area contributed by atoms with Crippen molar-refractivity contribution < 1.29 is 0 Å². The van der Waals surface area contributed by atoms with Crippen LogP contribution in [-0.2, 0) is 0 Å². The number of rotatable bonds is 8. The van der Waals surface area contributed by atoms with Crippen molar-refractivity contribution >= 4 is 53.6 Å². The third kappa shape index (κ3) is 5.89. The first-order valence-electron chi connectivity index (χ1n) is 21.6. The van der Waals surface area contributed by atoms with Gasteiger partial charge in [-0.15, -0.1) is 10.0 Å². The van der Waals surface area contributed by atoms with Crippen LogP contribution in [0.1, 0.15) is 0 Å². The fourth-order valence-corrected chi connectivity index (χ4v) is 13.9. The van der Waals surface area contributed by atoms with Crippen LogP contribution in [0.3, 0.4) is 0 Å². The molecule has 0 unspecified atom stereocenters. The van der Waals surface area contributed by atoms with Crippen molar-refractivity contribution in [1.82, 2.24) is 9.13 Å². The zero-order valence-electron chi connectivity index (χ0n) is 34.6. The minimum atomic E-state index is -1.87. The van der Waals surface area contributed by atoms with Crippen molar-refractivity contribution in [2.45, 2.75) is 19.6 Å². The molecule has 298 valence electrons. The number of nitrogens with zero attached hydrogens (tertiary/aromatic N) is 2. The molecule has 12 rings (SSSR count). The van der Waals surface area contributed by atoms with Gasteiger partial charge in [0.05, 0.1) is 22.1 Å². The summed E-state index contributed by atoms with van der Waals surface area (Å²) in [6.07, 6.45) is 0. The molecule has 0 fully saturated rings. The predicted molar refractivity (Wildman–Crippen MR) is 266 cm³/mol. The Morgan fingerprint density at radius 1 is 0.254 bits per heavy atom. The third-order valence-electron chi connectivity index (χ3n) is 12.6. The average molecular weight is 823 g/mol. The number of benzene rings is 10. The lowest BCUT2D eigenvalue weighted by Crippen LogP contribution is -2.06. The first kappa shape index (κ1) is 37.0. The summed E-state index contributed by atoms with van der Waals surface area (Å²) in [5.74, 6) is 0. The summed E-state index contributed by atoms with van der Waals surface area (Å²) < 4.78 is 4.93. The van der Waals surface area contributed by atoms with Crippen molar-refractivity contribution in [3.8, 4) is 33.6 Å². The Balaban J connectivity index is 1.07. The van der Waals surface area contributed by atoms with Gasteiger partial charge in [0, 0.05) is 52.5 Å². The zero-order valence-corrected chi connectivity index (χ0v) is 35.4. The molecule has 0 radical (unpaired) electrons. The second-order valence-corrected chi connectivity index (χ2v) is 19.2. The van der Waals surface area contributed by atoms with Crippen molar-refractivity contribution in [3.05, 3.63) is 255 Å². The number of aromatic nitrogens is 2. The van der Waals surface area contributed by atoms with Crippen molar-refractivity contribution in [2.75, 3.05) is 0 Å². The van der Waals surface area contributed by atoms with Crippen LogP contribution in [0.2, 0.25) is 0 Å². The van der Waals surface area contributed by atoms with Gasteiger partial charge in [-0.05, 0) is 113 Å². The van der Waals surface area contributed by atoms with Gasteiger partial charge in [-0.25, -0.2) is 0 Å². The largest absolute Gasteiger partial charge is 0.309 e. The molecule has 3 heteroatoms. The SMILES string of the molecule is c1ccc(-c2ccccc2-c2cccc3c2c2ccccc2n3-c2ccc3c(c2)c2ccccc2n3-c2cccc(S(c3ccccc3)(c3ccccc3)c3ccccc3)c2)cc1. The van der Waals surface area contributed by atoms with E-state index in [1.807, 2.05) is 0 Å². The quantitative estimate of drug-likeness (QED) is 0.144. The molecular formula is C60H42N2S. The van der Waals surface area contributed by atoms with E-state index in [2.05, 4.69) is 264 Å².